The number of hydrogen-bond acceptors (Lipinski definition) is 1. The Morgan fingerprint density at radius 2 is 1.59 bits per heavy atom. The van der Waals surface area contributed by atoms with Gasteiger partial charge in [-0.3, -0.25) is 0 Å². The molecule has 0 amide bonds. The number of hydrogen-bond donors (Lipinski definition) is 1. The first-order valence-electron chi connectivity index (χ1n) is 4.69. The van der Waals surface area contributed by atoms with E-state index in [1.807, 2.05) is 22.6 Å². The highest BCUT2D eigenvalue weighted by Crippen LogP contribution is 2.33. The molecule has 1 nitrogen and oxygen atoms in total. The van der Waals surface area contributed by atoms with Crippen molar-refractivity contribution in [2.24, 2.45) is 0 Å². The van der Waals surface area contributed by atoms with Crippen molar-refractivity contribution >= 4 is 28.3 Å². The lowest BCUT2D eigenvalue weighted by Gasteiger charge is -2.09. The normalized spacial score (nSPS) is 10.6. The summed E-state index contributed by atoms with van der Waals surface area (Å²) in [7, 11) is 0. The predicted molar refractivity (Wildman–Crippen MR) is 68.9 cm³/mol. The molecule has 5 heteroatoms. The van der Waals surface area contributed by atoms with Crippen molar-refractivity contribution in [1.82, 2.24) is 0 Å². The fourth-order valence-corrected chi connectivity index (χ4v) is 2.05. The Morgan fingerprint density at radius 1 is 1.00 bits per heavy atom. The zero-order valence-corrected chi connectivity index (χ0v) is 10.6. The van der Waals surface area contributed by atoms with E-state index in [2.05, 4.69) is 0 Å². The molecule has 2 aromatic carbocycles. The number of nitrogen functional groups attached to an aromatic ring is 1. The number of anilines is 1. The zero-order valence-electron chi connectivity index (χ0n) is 8.48. The number of rotatable bonds is 1. The minimum absolute atomic E-state index is 0.229. The summed E-state index contributed by atoms with van der Waals surface area (Å²) in [6, 6.07) is 6.13. The standard InChI is InChI=1S/C12H7F3IN/c13-6-4-8(14)11(9(15)5-6)7-2-1-3-10(16)12(7)17/h1-5H,17H2. The Balaban J connectivity index is 2.73. The number of para-hydroxylation sites is 1. The van der Waals surface area contributed by atoms with Crippen molar-refractivity contribution in [2.45, 2.75) is 0 Å². The van der Waals surface area contributed by atoms with Crippen LogP contribution in [0.2, 0.25) is 0 Å². The fraction of sp³-hybridized carbons (Fsp3) is 0. The van der Waals surface area contributed by atoms with E-state index in [0.717, 1.165) is 0 Å². The van der Waals surface area contributed by atoms with E-state index in [1.165, 1.54) is 6.07 Å². The van der Waals surface area contributed by atoms with E-state index in [1.54, 1.807) is 12.1 Å². The monoisotopic (exact) mass is 349 g/mol. The smallest absolute Gasteiger partial charge is 0.136 e. The van der Waals surface area contributed by atoms with E-state index in [0.29, 0.717) is 15.7 Å². The van der Waals surface area contributed by atoms with Crippen LogP contribution in [-0.2, 0) is 0 Å². The predicted octanol–water partition coefficient (Wildman–Crippen LogP) is 3.96. The van der Waals surface area contributed by atoms with Gasteiger partial charge >= 0.3 is 0 Å². The molecule has 0 unspecified atom stereocenters. The summed E-state index contributed by atoms with van der Waals surface area (Å²) in [4.78, 5) is 0. The van der Waals surface area contributed by atoms with Crippen molar-refractivity contribution < 1.29 is 13.2 Å². The van der Waals surface area contributed by atoms with Crippen LogP contribution >= 0.6 is 22.6 Å². The van der Waals surface area contributed by atoms with Gasteiger partial charge in [-0.15, -0.1) is 0 Å². The summed E-state index contributed by atoms with van der Waals surface area (Å²) in [6.45, 7) is 0. The highest BCUT2D eigenvalue weighted by molar-refractivity contribution is 14.1. The van der Waals surface area contributed by atoms with Crippen LogP contribution in [-0.4, -0.2) is 0 Å². The number of nitrogens with two attached hydrogens (primary N) is 1. The minimum atomic E-state index is -0.962. The third kappa shape index (κ3) is 2.24. The topological polar surface area (TPSA) is 26.0 Å². The lowest BCUT2D eigenvalue weighted by atomic mass is 10.0. The Hall–Kier alpha value is -1.24. The van der Waals surface area contributed by atoms with Gasteiger partial charge in [0.15, 0.2) is 0 Å². The van der Waals surface area contributed by atoms with Gasteiger partial charge in [-0.25, -0.2) is 13.2 Å². The third-order valence-electron chi connectivity index (χ3n) is 2.33. The van der Waals surface area contributed by atoms with Crippen molar-refractivity contribution in [3.05, 3.63) is 51.4 Å². The second-order valence-electron chi connectivity index (χ2n) is 3.45. The molecule has 2 rings (SSSR count). The first-order chi connectivity index (χ1) is 8.00. The van der Waals surface area contributed by atoms with Gasteiger partial charge in [-0.1, -0.05) is 12.1 Å². The first-order valence-corrected chi connectivity index (χ1v) is 5.77. The molecule has 88 valence electrons. The van der Waals surface area contributed by atoms with Crippen LogP contribution in [0, 0.1) is 21.0 Å². The fourth-order valence-electron chi connectivity index (χ4n) is 1.55. The molecular formula is C12H7F3IN. The lowest BCUT2D eigenvalue weighted by Crippen LogP contribution is -1.98. The molecule has 0 saturated carbocycles. The van der Waals surface area contributed by atoms with Crippen LogP contribution in [0.4, 0.5) is 18.9 Å². The quantitative estimate of drug-likeness (QED) is 0.612. The van der Waals surface area contributed by atoms with Gasteiger partial charge in [-0.05, 0) is 28.7 Å². The molecular weight excluding hydrogens is 342 g/mol. The molecule has 2 N–H and O–H groups in total. The highest BCUT2D eigenvalue weighted by atomic mass is 127. The van der Waals surface area contributed by atoms with Crippen LogP contribution in [0.25, 0.3) is 11.1 Å². The lowest BCUT2D eigenvalue weighted by molar-refractivity contribution is 0.548. The molecule has 0 bridgehead atoms. The van der Waals surface area contributed by atoms with Gasteiger partial charge < -0.3 is 5.73 Å². The van der Waals surface area contributed by atoms with E-state index in [4.69, 9.17) is 5.73 Å². The van der Waals surface area contributed by atoms with Crippen LogP contribution in [0.15, 0.2) is 30.3 Å². The molecule has 2 aromatic rings. The number of halogens is 4. The molecule has 0 aliphatic carbocycles. The molecule has 0 aliphatic rings. The summed E-state index contributed by atoms with van der Waals surface area (Å²) < 4.78 is 40.6. The molecule has 17 heavy (non-hydrogen) atoms. The van der Waals surface area contributed by atoms with Gasteiger partial charge in [0.05, 0.1) is 11.3 Å². The molecule has 0 fully saturated rings. The summed E-state index contributed by atoms with van der Waals surface area (Å²) in [5, 5.41) is 0. The van der Waals surface area contributed by atoms with Gasteiger partial charge in [0.2, 0.25) is 0 Å². The first kappa shape index (κ1) is 12.2. The van der Waals surface area contributed by atoms with Crippen molar-refractivity contribution in [3.63, 3.8) is 0 Å². The van der Waals surface area contributed by atoms with Crippen LogP contribution < -0.4 is 5.73 Å². The van der Waals surface area contributed by atoms with Gasteiger partial charge in [0.25, 0.3) is 0 Å². The van der Waals surface area contributed by atoms with E-state index < -0.39 is 17.5 Å². The molecule has 0 radical (unpaired) electrons. The Kier molecular flexibility index (Phi) is 3.28. The largest absolute Gasteiger partial charge is 0.397 e. The Morgan fingerprint density at radius 3 is 2.18 bits per heavy atom. The summed E-state index contributed by atoms with van der Waals surface area (Å²) >= 11 is 1.96. The second-order valence-corrected chi connectivity index (χ2v) is 4.61. The maximum absolute atomic E-state index is 13.6. The summed E-state index contributed by atoms with van der Waals surface area (Å²) in [5.41, 5.74) is 5.96. The molecule has 0 aliphatic heterocycles. The summed E-state index contributed by atoms with van der Waals surface area (Å²) in [6.07, 6.45) is 0. The van der Waals surface area contributed by atoms with E-state index in [-0.39, 0.29) is 16.8 Å². The molecule has 0 spiro atoms. The van der Waals surface area contributed by atoms with Crippen molar-refractivity contribution in [3.8, 4) is 11.1 Å². The average molecular weight is 349 g/mol. The van der Waals surface area contributed by atoms with Crippen LogP contribution in [0.1, 0.15) is 0 Å². The minimum Gasteiger partial charge on any atom is -0.397 e. The van der Waals surface area contributed by atoms with Gasteiger partial charge in [0, 0.05) is 21.3 Å². The molecule has 0 heterocycles. The Bertz CT molecular complexity index is 561. The maximum atomic E-state index is 13.6. The van der Waals surface area contributed by atoms with Crippen LogP contribution in [0.3, 0.4) is 0 Å². The SMILES string of the molecule is Nc1c(I)cccc1-c1c(F)cc(F)cc1F. The third-order valence-corrected chi connectivity index (χ3v) is 3.27. The second kappa shape index (κ2) is 4.56. The highest BCUT2D eigenvalue weighted by Gasteiger charge is 2.16. The van der Waals surface area contributed by atoms with Crippen molar-refractivity contribution in [1.29, 1.82) is 0 Å². The summed E-state index contributed by atoms with van der Waals surface area (Å²) in [5.74, 6) is -2.87. The Labute approximate surface area is 110 Å². The molecule has 0 saturated heterocycles. The van der Waals surface area contributed by atoms with Gasteiger partial charge in [0.1, 0.15) is 17.5 Å². The molecule has 0 atom stereocenters. The maximum Gasteiger partial charge on any atom is 0.136 e. The molecule has 0 aromatic heterocycles. The van der Waals surface area contributed by atoms with E-state index >= 15 is 0 Å². The van der Waals surface area contributed by atoms with E-state index in [9.17, 15) is 13.2 Å². The zero-order chi connectivity index (χ0) is 12.6. The van der Waals surface area contributed by atoms with Gasteiger partial charge in [-0.2, -0.15) is 0 Å². The van der Waals surface area contributed by atoms with Crippen molar-refractivity contribution in [2.75, 3.05) is 5.73 Å². The van der Waals surface area contributed by atoms with Crippen LogP contribution in [0.5, 0.6) is 0 Å². The average Bonchev–Trinajstić information content (AvgIpc) is 2.23. The number of benzene rings is 2.